The average molecular weight is 289 g/mol. The predicted octanol–water partition coefficient (Wildman–Crippen LogP) is 3.74. The lowest BCUT2D eigenvalue weighted by Crippen LogP contribution is -2.33. The molecule has 0 aliphatic rings. The van der Waals surface area contributed by atoms with E-state index in [2.05, 4.69) is 19.2 Å². The van der Waals surface area contributed by atoms with Crippen LogP contribution in [0, 0.1) is 5.92 Å². The minimum absolute atomic E-state index is 0.104. The Morgan fingerprint density at radius 2 is 1.78 bits per heavy atom. The van der Waals surface area contributed by atoms with Crippen molar-refractivity contribution >= 4 is 34.8 Å². The zero-order chi connectivity index (χ0) is 13.9. The van der Waals surface area contributed by atoms with Crippen molar-refractivity contribution in [2.45, 2.75) is 33.2 Å². The molecular formula is C13H18Cl2N2O. The molecular weight excluding hydrogens is 271 g/mol. The van der Waals surface area contributed by atoms with E-state index >= 15 is 0 Å². The van der Waals surface area contributed by atoms with Crippen LogP contribution in [0.3, 0.4) is 0 Å². The molecule has 0 bridgehead atoms. The van der Waals surface area contributed by atoms with Gasteiger partial charge in [-0.1, -0.05) is 37.0 Å². The van der Waals surface area contributed by atoms with Crippen LogP contribution in [0.4, 0.5) is 5.69 Å². The van der Waals surface area contributed by atoms with Crippen LogP contribution < -0.4 is 11.1 Å². The van der Waals surface area contributed by atoms with Gasteiger partial charge in [0.2, 0.25) is 0 Å². The molecule has 0 spiro atoms. The minimum atomic E-state index is -0.188. The van der Waals surface area contributed by atoms with E-state index < -0.39 is 0 Å². The highest BCUT2D eigenvalue weighted by molar-refractivity contribution is 6.39. The Hall–Kier alpha value is -0.930. The second kappa shape index (κ2) is 6.30. The molecule has 0 radical (unpaired) electrons. The maximum absolute atomic E-state index is 12.0. The lowest BCUT2D eigenvalue weighted by atomic mass is 10.0. The van der Waals surface area contributed by atoms with Crippen molar-refractivity contribution in [1.82, 2.24) is 5.32 Å². The summed E-state index contributed by atoms with van der Waals surface area (Å²) in [5.41, 5.74) is 6.34. The number of benzene rings is 1. The first kappa shape index (κ1) is 15.1. The zero-order valence-electron chi connectivity index (χ0n) is 10.8. The van der Waals surface area contributed by atoms with E-state index in [4.69, 9.17) is 28.9 Å². The number of anilines is 1. The number of carbonyl (C=O) groups excluding carboxylic acids is 1. The third-order valence-corrected chi connectivity index (χ3v) is 3.17. The van der Waals surface area contributed by atoms with E-state index in [-0.39, 0.29) is 11.9 Å². The number of rotatable bonds is 4. The van der Waals surface area contributed by atoms with Crippen molar-refractivity contribution in [3.63, 3.8) is 0 Å². The van der Waals surface area contributed by atoms with Gasteiger partial charge in [-0.2, -0.15) is 0 Å². The van der Waals surface area contributed by atoms with Crippen LogP contribution in [0.5, 0.6) is 0 Å². The molecule has 1 aromatic rings. The van der Waals surface area contributed by atoms with Gasteiger partial charge in [-0.15, -0.1) is 0 Å². The topological polar surface area (TPSA) is 55.1 Å². The largest absolute Gasteiger partial charge is 0.396 e. The summed E-state index contributed by atoms with van der Waals surface area (Å²) in [4.78, 5) is 12.0. The third kappa shape index (κ3) is 4.07. The average Bonchev–Trinajstić information content (AvgIpc) is 2.23. The first-order valence-corrected chi connectivity index (χ1v) is 6.62. The summed E-state index contributed by atoms with van der Waals surface area (Å²) in [5, 5.41) is 3.50. The van der Waals surface area contributed by atoms with Gasteiger partial charge in [-0.05, 0) is 31.4 Å². The molecule has 3 nitrogen and oxygen atoms in total. The van der Waals surface area contributed by atoms with Gasteiger partial charge in [0.05, 0.1) is 15.7 Å². The molecule has 5 heteroatoms. The van der Waals surface area contributed by atoms with Crippen molar-refractivity contribution in [2.75, 3.05) is 5.73 Å². The van der Waals surface area contributed by atoms with E-state index in [1.807, 2.05) is 6.92 Å². The van der Waals surface area contributed by atoms with Gasteiger partial charge in [0.1, 0.15) is 0 Å². The Labute approximate surface area is 118 Å². The van der Waals surface area contributed by atoms with Gasteiger partial charge in [-0.25, -0.2) is 0 Å². The molecule has 0 heterocycles. The minimum Gasteiger partial charge on any atom is -0.396 e. The third-order valence-electron chi connectivity index (χ3n) is 2.54. The normalized spacial score (nSPS) is 12.6. The van der Waals surface area contributed by atoms with Crippen LogP contribution >= 0.6 is 23.2 Å². The monoisotopic (exact) mass is 288 g/mol. The molecule has 1 unspecified atom stereocenters. The van der Waals surface area contributed by atoms with Crippen molar-refractivity contribution in [3.05, 3.63) is 27.7 Å². The van der Waals surface area contributed by atoms with Crippen LogP contribution in [0.25, 0.3) is 0 Å². The molecule has 3 N–H and O–H groups in total. The summed E-state index contributed by atoms with van der Waals surface area (Å²) in [6.45, 7) is 6.19. The highest BCUT2D eigenvalue weighted by Crippen LogP contribution is 2.28. The Balaban J connectivity index is 2.79. The molecule has 1 atom stereocenters. The highest BCUT2D eigenvalue weighted by atomic mass is 35.5. The van der Waals surface area contributed by atoms with Crippen LogP contribution in [0.15, 0.2) is 12.1 Å². The van der Waals surface area contributed by atoms with E-state index in [0.717, 1.165) is 6.42 Å². The first-order chi connectivity index (χ1) is 8.31. The van der Waals surface area contributed by atoms with Crippen molar-refractivity contribution in [1.29, 1.82) is 0 Å². The maximum atomic E-state index is 12.0. The maximum Gasteiger partial charge on any atom is 0.251 e. The molecule has 0 saturated carbocycles. The summed E-state index contributed by atoms with van der Waals surface area (Å²) in [5.74, 6) is 0.339. The molecule has 100 valence electrons. The van der Waals surface area contributed by atoms with Crippen molar-refractivity contribution in [2.24, 2.45) is 5.92 Å². The number of amides is 1. The molecule has 0 aliphatic carbocycles. The summed E-state index contributed by atoms with van der Waals surface area (Å²) >= 11 is 11.8. The number of hydrogen-bond donors (Lipinski definition) is 2. The standard InChI is InChI=1S/C13H18Cl2N2O/c1-7(2)4-8(3)17-13(18)9-5-10(14)12(16)11(15)6-9/h5-8H,4,16H2,1-3H3,(H,17,18). The summed E-state index contributed by atoms with van der Waals surface area (Å²) in [7, 11) is 0. The van der Waals surface area contributed by atoms with Gasteiger partial charge in [-0.3, -0.25) is 4.79 Å². The summed E-state index contributed by atoms with van der Waals surface area (Å²) in [6, 6.07) is 3.16. The fourth-order valence-electron chi connectivity index (χ4n) is 1.79. The van der Waals surface area contributed by atoms with Gasteiger partial charge in [0.15, 0.2) is 0 Å². The van der Waals surface area contributed by atoms with Gasteiger partial charge >= 0.3 is 0 Å². The van der Waals surface area contributed by atoms with E-state index in [1.165, 1.54) is 12.1 Å². The smallest absolute Gasteiger partial charge is 0.251 e. The van der Waals surface area contributed by atoms with Crippen LogP contribution in [-0.2, 0) is 0 Å². The molecule has 1 amide bonds. The zero-order valence-corrected chi connectivity index (χ0v) is 12.3. The molecule has 0 aliphatic heterocycles. The van der Waals surface area contributed by atoms with Crippen LogP contribution in [0.2, 0.25) is 10.0 Å². The molecule has 1 aromatic carbocycles. The fraction of sp³-hybridized carbons (Fsp3) is 0.462. The van der Waals surface area contributed by atoms with Crippen LogP contribution in [0.1, 0.15) is 37.6 Å². The summed E-state index contributed by atoms with van der Waals surface area (Å²) in [6.07, 6.45) is 0.919. The van der Waals surface area contributed by atoms with E-state index in [0.29, 0.717) is 27.2 Å². The Kier molecular flexibility index (Phi) is 5.29. The van der Waals surface area contributed by atoms with Crippen LogP contribution in [-0.4, -0.2) is 11.9 Å². The quantitative estimate of drug-likeness (QED) is 0.830. The number of nitrogens with two attached hydrogens (primary N) is 1. The lowest BCUT2D eigenvalue weighted by Gasteiger charge is -2.16. The van der Waals surface area contributed by atoms with Gasteiger partial charge in [0, 0.05) is 11.6 Å². The van der Waals surface area contributed by atoms with Gasteiger partial charge < -0.3 is 11.1 Å². The second-order valence-corrected chi connectivity index (χ2v) is 5.67. The molecule has 0 fully saturated rings. The number of halogens is 2. The molecule has 0 aromatic heterocycles. The number of hydrogen-bond acceptors (Lipinski definition) is 2. The van der Waals surface area contributed by atoms with E-state index in [1.54, 1.807) is 0 Å². The SMILES string of the molecule is CC(C)CC(C)NC(=O)c1cc(Cl)c(N)c(Cl)c1. The Morgan fingerprint density at radius 3 is 2.22 bits per heavy atom. The Morgan fingerprint density at radius 1 is 1.28 bits per heavy atom. The Bertz CT molecular complexity index is 424. The van der Waals surface area contributed by atoms with Crippen molar-refractivity contribution < 1.29 is 4.79 Å². The highest BCUT2D eigenvalue weighted by Gasteiger charge is 2.14. The molecule has 18 heavy (non-hydrogen) atoms. The number of nitrogen functional groups attached to an aromatic ring is 1. The molecule has 1 rings (SSSR count). The van der Waals surface area contributed by atoms with Crippen molar-refractivity contribution in [3.8, 4) is 0 Å². The van der Waals surface area contributed by atoms with E-state index in [9.17, 15) is 4.79 Å². The fourth-order valence-corrected chi connectivity index (χ4v) is 2.28. The van der Waals surface area contributed by atoms with Gasteiger partial charge in [0.25, 0.3) is 5.91 Å². The summed E-state index contributed by atoms with van der Waals surface area (Å²) < 4.78 is 0. The predicted molar refractivity (Wildman–Crippen MR) is 77.3 cm³/mol. The first-order valence-electron chi connectivity index (χ1n) is 5.86. The number of carbonyl (C=O) groups is 1. The lowest BCUT2D eigenvalue weighted by molar-refractivity contribution is 0.0936. The second-order valence-electron chi connectivity index (χ2n) is 4.86. The molecule has 0 saturated heterocycles. The number of nitrogens with one attached hydrogen (secondary N) is 1.